The topological polar surface area (TPSA) is 53.1 Å². The van der Waals surface area contributed by atoms with Crippen LogP contribution >= 0.6 is 15.9 Å². The number of rotatable bonds is 5. The lowest BCUT2D eigenvalue weighted by Crippen LogP contribution is -2.11. The van der Waals surface area contributed by atoms with Crippen molar-refractivity contribution in [2.45, 2.75) is 26.9 Å². The molecular formula is C14H18BrN3O. The van der Waals surface area contributed by atoms with Gasteiger partial charge in [-0.2, -0.15) is 5.10 Å². The van der Waals surface area contributed by atoms with E-state index >= 15 is 0 Å². The van der Waals surface area contributed by atoms with E-state index in [1.807, 2.05) is 42.8 Å². The second kappa shape index (κ2) is 6.21. The Morgan fingerprint density at radius 2 is 2.16 bits per heavy atom. The fraction of sp³-hybridized carbons (Fsp3) is 0.357. The van der Waals surface area contributed by atoms with Gasteiger partial charge >= 0.3 is 0 Å². The molecule has 0 unspecified atom stereocenters. The van der Waals surface area contributed by atoms with E-state index in [1.54, 1.807) is 0 Å². The number of aryl methyl sites for hydroxylation is 1. The largest absolute Gasteiger partial charge is 0.492 e. The summed E-state index contributed by atoms with van der Waals surface area (Å²) in [7, 11) is 0. The molecule has 0 bridgehead atoms. The number of nitrogens with zero attached hydrogens (tertiary/aromatic N) is 2. The summed E-state index contributed by atoms with van der Waals surface area (Å²) in [5, 5.41) is 4.48. The van der Waals surface area contributed by atoms with E-state index in [2.05, 4.69) is 21.0 Å². The third-order valence-corrected chi connectivity index (χ3v) is 3.60. The van der Waals surface area contributed by atoms with Crippen LogP contribution in [0.1, 0.15) is 17.0 Å². The van der Waals surface area contributed by atoms with Gasteiger partial charge in [0.1, 0.15) is 12.4 Å². The monoisotopic (exact) mass is 323 g/mol. The first-order chi connectivity index (χ1) is 9.11. The van der Waals surface area contributed by atoms with Gasteiger partial charge in [0.15, 0.2) is 0 Å². The number of hydrogen-bond acceptors (Lipinski definition) is 3. The van der Waals surface area contributed by atoms with Gasteiger partial charge in [-0.25, -0.2) is 0 Å². The van der Waals surface area contributed by atoms with Crippen molar-refractivity contribution in [1.29, 1.82) is 0 Å². The van der Waals surface area contributed by atoms with E-state index in [9.17, 15) is 0 Å². The fourth-order valence-corrected chi connectivity index (χ4v) is 2.43. The SMILES string of the molecule is Cc1nn(CCOc2cccc(Br)c2)c(C)c1CN. The predicted octanol–water partition coefficient (Wildman–Crippen LogP) is 2.80. The minimum Gasteiger partial charge on any atom is -0.492 e. The molecule has 102 valence electrons. The van der Waals surface area contributed by atoms with Crippen LogP contribution in [0.25, 0.3) is 0 Å². The summed E-state index contributed by atoms with van der Waals surface area (Å²) in [6.07, 6.45) is 0. The Bertz CT molecular complexity index is 566. The molecular weight excluding hydrogens is 306 g/mol. The zero-order valence-corrected chi connectivity index (χ0v) is 12.8. The smallest absolute Gasteiger partial charge is 0.120 e. The van der Waals surface area contributed by atoms with Crippen molar-refractivity contribution in [3.8, 4) is 5.75 Å². The van der Waals surface area contributed by atoms with Crippen LogP contribution in [0.15, 0.2) is 28.7 Å². The van der Waals surface area contributed by atoms with Crippen LogP contribution in [0.4, 0.5) is 0 Å². The third-order valence-electron chi connectivity index (χ3n) is 3.10. The summed E-state index contributed by atoms with van der Waals surface area (Å²) >= 11 is 3.42. The molecule has 2 rings (SSSR count). The number of halogens is 1. The maximum Gasteiger partial charge on any atom is 0.120 e. The van der Waals surface area contributed by atoms with Crippen LogP contribution in [0.5, 0.6) is 5.75 Å². The number of benzene rings is 1. The summed E-state index contributed by atoms with van der Waals surface area (Å²) in [5.74, 6) is 0.856. The summed E-state index contributed by atoms with van der Waals surface area (Å²) in [6.45, 7) is 5.87. The molecule has 0 saturated carbocycles. The zero-order valence-electron chi connectivity index (χ0n) is 11.2. The molecule has 0 radical (unpaired) electrons. The van der Waals surface area contributed by atoms with Gasteiger partial charge in [0.2, 0.25) is 0 Å². The molecule has 2 N–H and O–H groups in total. The molecule has 0 aliphatic rings. The van der Waals surface area contributed by atoms with Crippen LogP contribution in [-0.4, -0.2) is 16.4 Å². The number of ether oxygens (including phenoxy) is 1. The van der Waals surface area contributed by atoms with Crippen LogP contribution in [0, 0.1) is 13.8 Å². The number of aromatic nitrogens is 2. The number of hydrogen-bond donors (Lipinski definition) is 1. The highest BCUT2D eigenvalue weighted by atomic mass is 79.9. The molecule has 4 nitrogen and oxygen atoms in total. The molecule has 0 atom stereocenters. The highest BCUT2D eigenvalue weighted by Gasteiger charge is 2.09. The molecule has 1 heterocycles. The van der Waals surface area contributed by atoms with E-state index < -0.39 is 0 Å². The van der Waals surface area contributed by atoms with Crippen LogP contribution in [0.2, 0.25) is 0 Å². The maximum atomic E-state index is 5.71. The molecule has 1 aromatic carbocycles. The molecule has 0 fully saturated rings. The molecule has 0 aliphatic carbocycles. The second-order valence-electron chi connectivity index (χ2n) is 4.38. The standard InChI is InChI=1S/C14H18BrN3O/c1-10-14(9-16)11(2)18(17-10)6-7-19-13-5-3-4-12(15)8-13/h3-5,8H,6-7,9,16H2,1-2H3. The lowest BCUT2D eigenvalue weighted by molar-refractivity contribution is 0.289. The minimum absolute atomic E-state index is 0.532. The Balaban J connectivity index is 1.96. The number of nitrogens with two attached hydrogens (primary N) is 1. The Morgan fingerprint density at radius 1 is 1.37 bits per heavy atom. The average molecular weight is 324 g/mol. The summed E-state index contributed by atoms with van der Waals surface area (Å²) in [6, 6.07) is 7.82. The van der Waals surface area contributed by atoms with Crippen molar-refractivity contribution in [3.05, 3.63) is 45.7 Å². The predicted molar refractivity (Wildman–Crippen MR) is 79.2 cm³/mol. The van der Waals surface area contributed by atoms with Gasteiger partial charge in [-0.1, -0.05) is 22.0 Å². The van der Waals surface area contributed by atoms with Gasteiger partial charge in [0, 0.05) is 22.3 Å². The van der Waals surface area contributed by atoms with E-state index in [-0.39, 0.29) is 0 Å². The van der Waals surface area contributed by atoms with Crippen LogP contribution in [-0.2, 0) is 13.1 Å². The van der Waals surface area contributed by atoms with Gasteiger partial charge < -0.3 is 10.5 Å². The van der Waals surface area contributed by atoms with Crippen molar-refractivity contribution >= 4 is 15.9 Å². The van der Waals surface area contributed by atoms with Gasteiger partial charge in [-0.05, 0) is 32.0 Å². The van der Waals surface area contributed by atoms with Gasteiger partial charge in [0.05, 0.1) is 12.2 Å². The molecule has 2 aromatic rings. The lowest BCUT2D eigenvalue weighted by Gasteiger charge is -2.08. The van der Waals surface area contributed by atoms with Crippen molar-refractivity contribution in [3.63, 3.8) is 0 Å². The molecule has 0 saturated heterocycles. The molecule has 1 aromatic heterocycles. The summed E-state index contributed by atoms with van der Waals surface area (Å²) in [5.41, 5.74) is 8.96. The first kappa shape index (κ1) is 14.1. The molecule has 19 heavy (non-hydrogen) atoms. The van der Waals surface area contributed by atoms with Gasteiger partial charge in [0.25, 0.3) is 0 Å². The summed E-state index contributed by atoms with van der Waals surface area (Å²) < 4.78 is 8.68. The van der Waals surface area contributed by atoms with E-state index in [1.165, 1.54) is 0 Å². The Kier molecular flexibility index (Phi) is 4.61. The van der Waals surface area contributed by atoms with Crippen LogP contribution < -0.4 is 10.5 Å². The second-order valence-corrected chi connectivity index (χ2v) is 5.30. The third kappa shape index (κ3) is 3.36. The van der Waals surface area contributed by atoms with E-state index in [0.29, 0.717) is 13.2 Å². The highest BCUT2D eigenvalue weighted by molar-refractivity contribution is 9.10. The molecule has 5 heteroatoms. The Hall–Kier alpha value is -1.33. The fourth-order valence-electron chi connectivity index (χ4n) is 2.05. The summed E-state index contributed by atoms with van der Waals surface area (Å²) in [4.78, 5) is 0. The Labute approximate surface area is 121 Å². The van der Waals surface area contributed by atoms with E-state index in [4.69, 9.17) is 10.5 Å². The first-order valence-electron chi connectivity index (χ1n) is 6.23. The van der Waals surface area contributed by atoms with Crippen LogP contribution in [0.3, 0.4) is 0 Å². The van der Waals surface area contributed by atoms with Gasteiger partial charge in [-0.3, -0.25) is 4.68 Å². The molecule has 0 spiro atoms. The molecule has 0 amide bonds. The zero-order chi connectivity index (χ0) is 13.8. The van der Waals surface area contributed by atoms with Gasteiger partial charge in [-0.15, -0.1) is 0 Å². The van der Waals surface area contributed by atoms with Crippen molar-refractivity contribution in [2.24, 2.45) is 5.73 Å². The minimum atomic E-state index is 0.532. The average Bonchev–Trinajstić information content (AvgIpc) is 2.64. The Morgan fingerprint density at radius 3 is 2.79 bits per heavy atom. The maximum absolute atomic E-state index is 5.71. The lowest BCUT2D eigenvalue weighted by atomic mass is 10.2. The van der Waals surface area contributed by atoms with E-state index in [0.717, 1.165) is 33.7 Å². The van der Waals surface area contributed by atoms with Crippen molar-refractivity contribution < 1.29 is 4.74 Å². The normalized spacial score (nSPS) is 10.7. The quantitative estimate of drug-likeness (QED) is 0.920. The molecule has 0 aliphatic heterocycles. The highest BCUT2D eigenvalue weighted by Crippen LogP contribution is 2.18. The first-order valence-corrected chi connectivity index (χ1v) is 7.02. The van der Waals surface area contributed by atoms with Crippen molar-refractivity contribution in [1.82, 2.24) is 9.78 Å². The van der Waals surface area contributed by atoms with Crippen molar-refractivity contribution in [2.75, 3.05) is 6.61 Å².